The van der Waals surface area contributed by atoms with E-state index in [9.17, 15) is 4.21 Å². The zero-order chi connectivity index (χ0) is 19.2. The number of hydrogen-bond donors (Lipinski definition) is 0. The minimum absolute atomic E-state index is 0.573. The second-order valence-electron chi connectivity index (χ2n) is 6.26. The number of hydrogen-bond acceptors (Lipinski definition) is 6. The first-order valence-corrected chi connectivity index (χ1v) is 11.5. The fourth-order valence-electron chi connectivity index (χ4n) is 3.03. The third-order valence-corrected chi connectivity index (χ3v) is 6.99. The van der Waals surface area contributed by atoms with Crippen LogP contribution >= 0.6 is 11.8 Å². The van der Waals surface area contributed by atoms with Gasteiger partial charge in [-0.3, -0.25) is 8.78 Å². The van der Waals surface area contributed by atoms with E-state index in [1.165, 1.54) is 0 Å². The molecule has 28 heavy (non-hydrogen) atoms. The topological polar surface area (TPSA) is 60.3 Å². The van der Waals surface area contributed by atoms with Gasteiger partial charge in [0.15, 0.2) is 5.16 Å². The molecule has 0 radical (unpaired) electrons. The van der Waals surface area contributed by atoms with Crippen LogP contribution in [0.3, 0.4) is 0 Å². The summed E-state index contributed by atoms with van der Waals surface area (Å²) >= 11 is 1.59. The normalized spacial score (nSPS) is 15.5. The fourth-order valence-corrected chi connectivity index (χ4v) is 5.26. The minimum Gasteiger partial charge on any atom is -0.378 e. The highest BCUT2D eigenvalue weighted by atomic mass is 32.2. The summed E-state index contributed by atoms with van der Waals surface area (Å²) in [6.07, 6.45) is 0. The third-order valence-electron chi connectivity index (χ3n) is 4.43. The second-order valence-corrected chi connectivity index (χ2v) is 8.90. The molecule has 0 saturated carbocycles. The summed E-state index contributed by atoms with van der Waals surface area (Å²) in [5.41, 5.74) is 1.03. The number of rotatable bonds is 7. The van der Waals surface area contributed by atoms with Crippen LogP contribution in [0.4, 0.5) is 5.95 Å². The molecule has 2 heterocycles. The lowest BCUT2D eigenvalue weighted by atomic mass is 10.3. The van der Waals surface area contributed by atoms with Crippen LogP contribution in [0.2, 0.25) is 0 Å². The van der Waals surface area contributed by atoms with Gasteiger partial charge >= 0.3 is 0 Å². The van der Waals surface area contributed by atoms with E-state index in [-0.39, 0.29) is 0 Å². The van der Waals surface area contributed by atoms with Gasteiger partial charge in [0.2, 0.25) is 5.95 Å². The van der Waals surface area contributed by atoms with E-state index in [4.69, 9.17) is 4.74 Å². The van der Waals surface area contributed by atoms with Crippen molar-refractivity contribution in [1.82, 2.24) is 14.8 Å². The molecule has 1 aliphatic rings. The molecule has 0 bridgehead atoms. The molecule has 3 aromatic rings. The summed E-state index contributed by atoms with van der Waals surface area (Å²) in [5.74, 6) is 2.11. The number of morpholine rings is 1. The molecular weight excluding hydrogens is 392 g/mol. The highest BCUT2D eigenvalue weighted by molar-refractivity contribution is 8.00. The summed E-state index contributed by atoms with van der Waals surface area (Å²) in [7, 11) is -1.01. The average Bonchev–Trinajstić information content (AvgIpc) is 3.19. The van der Waals surface area contributed by atoms with Gasteiger partial charge in [0.05, 0.1) is 29.7 Å². The van der Waals surface area contributed by atoms with Crippen LogP contribution in [0.1, 0.15) is 0 Å². The molecule has 0 amide bonds. The fraction of sp³-hybridized carbons (Fsp3) is 0.300. The van der Waals surface area contributed by atoms with Crippen molar-refractivity contribution in [2.75, 3.05) is 42.7 Å². The minimum atomic E-state index is -1.01. The van der Waals surface area contributed by atoms with Gasteiger partial charge < -0.3 is 9.64 Å². The molecule has 4 rings (SSSR count). The first-order chi connectivity index (χ1) is 13.8. The number of ether oxygens (including phenoxy) is 1. The Bertz CT molecular complexity index is 912. The molecule has 1 aromatic heterocycles. The Morgan fingerprint density at radius 1 is 0.964 bits per heavy atom. The van der Waals surface area contributed by atoms with Crippen molar-refractivity contribution in [2.24, 2.45) is 0 Å². The predicted octanol–water partition coefficient (Wildman–Crippen LogP) is 3.00. The monoisotopic (exact) mass is 414 g/mol. The smallest absolute Gasteiger partial charge is 0.232 e. The summed E-state index contributed by atoms with van der Waals surface area (Å²) in [6.45, 7) is 2.99. The lowest BCUT2D eigenvalue weighted by molar-refractivity contribution is 0.122. The van der Waals surface area contributed by atoms with Crippen LogP contribution in [0, 0.1) is 0 Å². The van der Waals surface area contributed by atoms with Crippen LogP contribution in [-0.4, -0.2) is 56.8 Å². The van der Waals surface area contributed by atoms with Gasteiger partial charge in [0, 0.05) is 29.5 Å². The number of thioether (sulfide) groups is 1. The van der Waals surface area contributed by atoms with Crippen molar-refractivity contribution >= 4 is 28.5 Å². The van der Waals surface area contributed by atoms with Crippen LogP contribution < -0.4 is 4.90 Å². The molecule has 1 saturated heterocycles. The highest BCUT2D eigenvalue weighted by Gasteiger charge is 2.21. The van der Waals surface area contributed by atoms with Crippen LogP contribution in [0.5, 0.6) is 0 Å². The van der Waals surface area contributed by atoms with Crippen molar-refractivity contribution in [3.8, 4) is 5.69 Å². The first kappa shape index (κ1) is 19.2. The van der Waals surface area contributed by atoms with Gasteiger partial charge in [-0.15, -0.1) is 10.2 Å². The Kier molecular flexibility index (Phi) is 6.41. The molecule has 146 valence electrons. The largest absolute Gasteiger partial charge is 0.378 e. The number of aromatic nitrogens is 3. The lowest BCUT2D eigenvalue weighted by Gasteiger charge is -2.27. The number of benzene rings is 2. The molecule has 6 nitrogen and oxygen atoms in total. The summed E-state index contributed by atoms with van der Waals surface area (Å²) < 4.78 is 20.0. The van der Waals surface area contributed by atoms with Crippen LogP contribution in [0.15, 0.2) is 70.7 Å². The molecule has 0 unspecified atom stereocenters. The molecule has 1 atom stereocenters. The molecule has 0 N–H and O–H groups in total. The second kappa shape index (κ2) is 9.36. The van der Waals surface area contributed by atoms with Gasteiger partial charge in [0.1, 0.15) is 0 Å². The first-order valence-electron chi connectivity index (χ1n) is 9.23. The maximum absolute atomic E-state index is 12.5. The van der Waals surface area contributed by atoms with Gasteiger partial charge in [0.25, 0.3) is 0 Å². The summed E-state index contributed by atoms with van der Waals surface area (Å²) in [6, 6.07) is 19.7. The zero-order valence-corrected chi connectivity index (χ0v) is 17.1. The Labute approximate surface area is 171 Å². The van der Waals surface area contributed by atoms with E-state index in [2.05, 4.69) is 31.8 Å². The highest BCUT2D eigenvalue weighted by Crippen LogP contribution is 2.27. The maximum Gasteiger partial charge on any atom is 0.232 e. The van der Waals surface area contributed by atoms with Crippen molar-refractivity contribution in [1.29, 1.82) is 0 Å². The predicted molar refractivity (Wildman–Crippen MR) is 113 cm³/mol. The SMILES string of the molecule is O=[S@](CCSc1nnc(N2CCOCC2)n1-c1ccccc1)c1ccccc1. The van der Waals surface area contributed by atoms with Gasteiger partial charge in [-0.25, -0.2) is 0 Å². The number of para-hydroxylation sites is 1. The van der Waals surface area contributed by atoms with Crippen LogP contribution in [0.25, 0.3) is 5.69 Å². The van der Waals surface area contributed by atoms with E-state index in [1.807, 2.05) is 48.5 Å². The quantitative estimate of drug-likeness (QED) is 0.554. The molecule has 0 spiro atoms. The van der Waals surface area contributed by atoms with E-state index >= 15 is 0 Å². The van der Waals surface area contributed by atoms with Crippen LogP contribution in [-0.2, 0) is 15.5 Å². The number of anilines is 1. The van der Waals surface area contributed by atoms with Gasteiger partial charge in [-0.05, 0) is 24.3 Å². The third kappa shape index (κ3) is 4.45. The molecular formula is C20H22N4O2S2. The molecule has 1 fully saturated rings. The standard InChI is InChI=1S/C20H22N4O2S2/c25-28(18-9-5-2-6-10-18)16-15-27-20-22-21-19(23-11-13-26-14-12-23)24(20)17-7-3-1-4-8-17/h1-10H,11-16H2/t28-/m1/s1. The van der Waals surface area contributed by atoms with Crippen molar-refractivity contribution in [2.45, 2.75) is 10.1 Å². The Hall–Kier alpha value is -2.16. The van der Waals surface area contributed by atoms with E-state index in [1.54, 1.807) is 11.8 Å². The molecule has 8 heteroatoms. The van der Waals surface area contributed by atoms with E-state index in [0.717, 1.165) is 34.8 Å². The van der Waals surface area contributed by atoms with Crippen molar-refractivity contribution in [3.63, 3.8) is 0 Å². The lowest BCUT2D eigenvalue weighted by Crippen LogP contribution is -2.37. The maximum atomic E-state index is 12.5. The molecule has 0 aliphatic carbocycles. The van der Waals surface area contributed by atoms with E-state index in [0.29, 0.717) is 24.7 Å². The van der Waals surface area contributed by atoms with Crippen molar-refractivity contribution < 1.29 is 8.95 Å². The summed E-state index contributed by atoms with van der Waals surface area (Å²) in [4.78, 5) is 3.07. The number of nitrogens with zero attached hydrogens (tertiary/aromatic N) is 4. The molecule has 2 aromatic carbocycles. The Balaban J connectivity index is 1.52. The zero-order valence-electron chi connectivity index (χ0n) is 15.4. The van der Waals surface area contributed by atoms with Gasteiger partial charge in [-0.1, -0.05) is 48.2 Å². The molecule has 1 aliphatic heterocycles. The Morgan fingerprint density at radius 2 is 1.64 bits per heavy atom. The van der Waals surface area contributed by atoms with Crippen molar-refractivity contribution in [3.05, 3.63) is 60.7 Å². The van der Waals surface area contributed by atoms with Gasteiger partial charge in [-0.2, -0.15) is 0 Å². The Morgan fingerprint density at radius 3 is 2.36 bits per heavy atom. The average molecular weight is 415 g/mol. The van der Waals surface area contributed by atoms with E-state index < -0.39 is 10.8 Å². The summed E-state index contributed by atoms with van der Waals surface area (Å²) in [5, 5.41) is 9.71.